The van der Waals surface area contributed by atoms with Crippen molar-refractivity contribution in [1.29, 1.82) is 0 Å². The molecule has 3 N–H and O–H groups in total. The molecule has 1 amide bonds. The van der Waals surface area contributed by atoms with Crippen molar-refractivity contribution in [3.63, 3.8) is 0 Å². The molecule has 3 heterocycles. The van der Waals surface area contributed by atoms with E-state index in [1.54, 1.807) is 25.3 Å². The summed E-state index contributed by atoms with van der Waals surface area (Å²) in [6.07, 6.45) is 0.298. The highest BCUT2D eigenvalue weighted by molar-refractivity contribution is 5.99. The highest BCUT2D eigenvalue weighted by atomic mass is 16.5. The SMILES string of the molecule is CCOC(=O)c1c(C(C)C)nc(C)n1NC(=O)CC(=O)OC.CCc1c(O)c2c(C(C)C)nc(C)n2[nH]c1=O.O=C=O. The molecule has 15 nitrogen and oxygen atoms in total. The number of methoxy groups -OCH3 is 1. The number of aromatic hydroxyl groups is 1. The number of hydrogen-bond donors (Lipinski definition) is 3. The van der Waals surface area contributed by atoms with Crippen LogP contribution in [0.3, 0.4) is 0 Å². The molecular weight excluding hydrogens is 552 g/mol. The number of aromatic amines is 1. The minimum absolute atomic E-state index is 0.0307. The molecule has 42 heavy (non-hydrogen) atoms. The minimum atomic E-state index is -0.669. The third-order valence-electron chi connectivity index (χ3n) is 5.83. The lowest BCUT2D eigenvalue weighted by Crippen LogP contribution is -2.29. The van der Waals surface area contributed by atoms with Gasteiger partial charge in [-0.2, -0.15) is 9.59 Å². The molecule has 0 aliphatic rings. The Hall–Kier alpha value is -4.78. The first-order valence-electron chi connectivity index (χ1n) is 13.2. The first kappa shape index (κ1) is 35.2. The first-order chi connectivity index (χ1) is 19.7. The maximum Gasteiger partial charge on any atom is 0.373 e. The zero-order valence-corrected chi connectivity index (χ0v) is 25.3. The van der Waals surface area contributed by atoms with Crippen LogP contribution in [0.15, 0.2) is 4.79 Å². The summed E-state index contributed by atoms with van der Waals surface area (Å²) in [7, 11) is 1.19. The molecule has 0 bridgehead atoms. The summed E-state index contributed by atoms with van der Waals surface area (Å²) in [6.45, 7) is 15.0. The third kappa shape index (κ3) is 8.36. The van der Waals surface area contributed by atoms with Crippen LogP contribution >= 0.6 is 0 Å². The van der Waals surface area contributed by atoms with Crippen molar-refractivity contribution in [1.82, 2.24) is 24.3 Å². The summed E-state index contributed by atoms with van der Waals surface area (Å²) in [5.41, 5.74) is 4.74. The zero-order chi connectivity index (χ0) is 32.3. The van der Waals surface area contributed by atoms with Crippen LogP contribution in [0.25, 0.3) is 5.52 Å². The number of carbonyl (C=O) groups excluding carboxylic acids is 5. The van der Waals surface area contributed by atoms with E-state index in [-0.39, 0.29) is 41.6 Å². The van der Waals surface area contributed by atoms with Crippen LogP contribution in [0.2, 0.25) is 0 Å². The molecule has 0 saturated heterocycles. The second-order valence-electron chi connectivity index (χ2n) is 9.48. The standard InChI is InChI=1S/C14H21N3O5.C12H17N3O2.CO2/c1-6-22-14(20)13-12(8(2)3)15-9(4)17(13)16-10(18)7-11(19)21-5;1-5-8-11(16)10-9(6(2)3)13-7(4)15(10)14-12(8)17;2-1-3/h8H,6-7H2,1-5H3,(H,16,18);6,16H,5H2,1-4H3,(H,14,17);. The van der Waals surface area contributed by atoms with E-state index in [1.807, 2.05) is 34.6 Å². The van der Waals surface area contributed by atoms with Crippen LogP contribution < -0.4 is 11.0 Å². The maximum atomic E-state index is 12.1. The molecule has 230 valence electrons. The fraction of sp³-hybridized carbons (Fsp3) is 0.519. The van der Waals surface area contributed by atoms with E-state index in [2.05, 4.69) is 25.2 Å². The topological polar surface area (TPSA) is 204 Å². The Labute approximate surface area is 242 Å². The summed E-state index contributed by atoms with van der Waals surface area (Å²) in [6, 6.07) is 0. The number of imidazole rings is 2. The number of nitrogens with zero attached hydrogens (tertiary/aromatic N) is 4. The van der Waals surface area contributed by atoms with Gasteiger partial charge in [0.1, 0.15) is 23.6 Å². The van der Waals surface area contributed by atoms with Crippen LogP contribution in [-0.4, -0.2) is 67.1 Å². The van der Waals surface area contributed by atoms with E-state index >= 15 is 0 Å². The molecule has 15 heteroatoms. The van der Waals surface area contributed by atoms with Crippen molar-refractivity contribution in [2.75, 3.05) is 19.1 Å². The molecule has 0 saturated carbocycles. The van der Waals surface area contributed by atoms with Gasteiger partial charge in [-0.05, 0) is 39.0 Å². The number of nitrogens with one attached hydrogen (secondary N) is 2. The summed E-state index contributed by atoms with van der Waals surface area (Å²) >= 11 is 0. The van der Waals surface area contributed by atoms with Gasteiger partial charge in [0, 0.05) is 0 Å². The Balaban J connectivity index is 0.000000393. The lowest BCUT2D eigenvalue weighted by molar-refractivity contribution is -0.191. The van der Waals surface area contributed by atoms with Crippen LogP contribution in [-0.2, 0) is 35.1 Å². The number of carbonyl (C=O) groups is 3. The van der Waals surface area contributed by atoms with Gasteiger partial charge in [0.15, 0.2) is 11.4 Å². The normalized spacial score (nSPS) is 10.4. The summed E-state index contributed by atoms with van der Waals surface area (Å²) in [4.78, 5) is 71.8. The Bertz CT molecular complexity index is 1510. The lowest BCUT2D eigenvalue weighted by atomic mass is 10.1. The predicted octanol–water partition coefficient (Wildman–Crippen LogP) is 2.26. The maximum absolute atomic E-state index is 12.1. The smallest absolute Gasteiger partial charge is 0.373 e. The minimum Gasteiger partial charge on any atom is -0.505 e. The quantitative estimate of drug-likeness (QED) is 0.256. The number of esters is 2. The first-order valence-corrected chi connectivity index (χ1v) is 13.2. The van der Waals surface area contributed by atoms with E-state index in [9.17, 15) is 24.3 Å². The number of H-pyrrole nitrogens is 1. The lowest BCUT2D eigenvalue weighted by Gasteiger charge is -2.12. The van der Waals surface area contributed by atoms with E-state index in [0.717, 1.165) is 5.69 Å². The number of fused-ring (bicyclic) bond motifs is 1. The third-order valence-corrected chi connectivity index (χ3v) is 5.83. The fourth-order valence-corrected chi connectivity index (χ4v) is 3.92. The van der Waals surface area contributed by atoms with Gasteiger partial charge < -0.3 is 14.6 Å². The van der Waals surface area contributed by atoms with E-state index in [1.165, 1.54) is 11.8 Å². The molecule has 0 aromatic carbocycles. The molecule has 3 aromatic rings. The number of ether oxygens (including phenoxy) is 2. The fourth-order valence-electron chi connectivity index (χ4n) is 3.92. The summed E-state index contributed by atoms with van der Waals surface area (Å²) in [5, 5.41) is 12.9. The molecule has 0 fully saturated rings. The predicted molar refractivity (Wildman–Crippen MR) is 149 cm³/mol. The van der Waals surface area contributed by atoms with Crippen molar-refractivity contribution in [3.05, 3.63) is 44.6 Å². The average molecular weight is 591 g/mol. The number of amides is 1. The zero-order valence-electron chi connectivity index (χ0n) is 25.3. The Morgan fingerprint density at radius 2 is 1.57 bits per heavy atom. The van der Waals surface area contributed by atoms with E-state index < -0.39 is 24.3 Å². The van der Waals surface area contributed by atoms with Crippen molar-refractivity contribution >= 4 is 29.5 Å². The summed E-state index contributed by atoms with van der Waals surface area (Å²) < 4.78 is 12.3. The molecular formula is C27H38N6O9. The van der Waals surface area contributed by atoms with Gasteiger partial charge in [0.25, 0.3) is 5.56 Å². The Morgan fingerprint density at radius 3 is 2.05 bits per heavy atom. The largest absolute Gasteiger partial charge is 0.505 e. The number of hydrogen-bond acceptors (Lipinski definition) is 11. The van der Waals surface area contributed by atoms with Gasteiger partial charge in [-0.15, -0.1) is 0 Å². The molecule has 0 radical (unpaired) electrons. The second kappa shape index (κ2) is 15.9. The number of rotatable bonds is 8. The molecule has 0 atom stereocenters. The molecule has 3 rings (SSSR count). The van der Waals surface area contributed by atoms with Gasteiger partial charge in [0.05, 0.1) is 30.7 Å². The van der Waals surface area contributed by atoms with Crippen molar-refractivity contribution in [3.8, 4) is 5.75 Å². The van der Waals surface area contributed by atoms with Gasteiger partial charge in [-0.1, -0.05) is 34.6 Å². The average Bonchev–Trinajstić information content (AvgIpc) is 3.42. The van der Waals surface area contributed by atoms with Crippen LogP contribution in [0, 0.1) is 13.8 Å². The molecule has 0 aliphatic heterocycles. The Kier molecular flexibility index (Phi) is 13.3. The van der Waals surface area contributed by atoms with Crippen LogP contribution in [0.4, 0.5) is 0 Å². The van der Waals surface area contributed by atoms with Crippen LogP contribution in [0.5, 0.6) is 5.75 Å². The molecule has 0 unspecified atom stereocenters. The molecule has 0 spiro atoms. The van der Waals surface area contributed by atoms with Gasteiger partial charge >= 0.3 is 18.1 Å². The van der Waals surface area contributed by atoms with Gasteiger partial charge in [0.2, 0.25) is 5.91 Å². The highest BCUT2D eigenvalue weighted by Crippen LogP contribution is 2.29. The number of aromatic nitrogens is 5. The van der Waals surface area contributed by atoms with Gasteiger partial charge in [-0.25, -0.2) is 24.0 Å². The second-order valence-corrected chi connectivity index (χ2v) is 9.48. The van der Waals surface area contributed by atoms with Gasteiger partial charge in [-0.3, -0.25) is 24.9 Å². The van der Waals surface area contributed by atoms with Crippen LogP contribution in [0.1, 0.15) is 98.9 Å². The van der Waals surface area contributed by atoms with Crippen molar-refractivity contribution in [2.45, 2.75) is 80.1 Å². The molecule has 0 aliphatic carbocycles. The monoisotopic (exact) mass is 590 g/mol. The summed E-state index contributed by atoms with van der Waals surface area (Å²) in [5.74, 6) is -0.531. The highest BCUT2D eigenvalue weighted by Gasteiger charge is 2.26. The van der Waals surface area contributed by atoms with E-state index in [0.29, 0.717) is 34.8 Å². The Morgan fingerprint density at radius 1 is 1.02 bits per heavy atom. The van der Waals surface area contributed by atoms with Crippen molar-refractivity contribution < 1.29 is 38.6 Å². The number of aryl methyl sites for hydroxylation is 2. The van der Waals surface area contributed by atoms with E-state index in [4.69, 9.17) is 14.3 Å². The molecule has 3 aromatic heterocycles. The van der Waals surface area contributed by atoms with Crippen molar-refractivity contribution in [2.24, 2.45) is 0 Å².